The van der Waals surface area contributed by atoms with Gasteiger partial charge >= 0.3 is 0 Å². The van der Waals surface area contributed by atoms with Crippen molar-refractivity contribution in [3.63, 3.8) is 0 Å². The molecular formula is C12H11ClIN3O. The quantitative estimate of drug-likeness (QED) is 0.709. The molecule has 0 aliphatic carbocycles. The number of rotatable bonds is 0. The van der Waals surface area contributed by atoms with Gasteiger partial charge in [-0.25, -0.2) is 4.99 Å². The zero-order chi connectivity index (χ0) is 13.1. The molecule has 1 N–H and O–H groups in total. The molecule has 6 heteroatoms. The van der Waals surface area contributed by atoms with Crippen LogP contribution in [-0.2, 0) is 11.3 Å². The molecule has 2 aliphatic rings. The molecule has 0 unspecified atom stereocenters. The summed E-state index contributed by atoms with van der Waals surface area (Å²) >= 11 is 8.52. The van der Waals surface area contributed by atoms with Crippen LogP contribution in [0.3, 0.4) is 0 Å². The maximum atomic E-state index is 11.9. The molecule has 4 nitrogen and oxygen atoms in total. The van der Waals surface area contributed by atoms with E-state index < -0.39 is 5.54 Å². The normalized spacial score (nSPS) is 20.1. The van der Waals surface area contributed by atoms with Gasteiger partial charge in [-0.1, -0.05) is 11.6 Å². The highest BCUT2D eigenvalue weighted by atomic mass is 127. The van der Waals surface area contributed by atoms with Gasteiger partial charge in [0.15, 0.2) is 0 Å². The Morgan fingerprint density at radius 1 is 1.50 bits per heavy atom. The van der Waals surface area contributed by atoms with Crippen LogP contribution < -0.4 is 5.32 Å². The van der Waals surface area contributed by atoms with Crippen LogP contribution in [0.1, 0.15) is 19.4 Å². The largest absolute Gasteiger partial charge is 0.324 e. The molecular weight excluding hydrogens is 365 g/mol. The number of nitrogens with zero attached hydrogens (tertiary/aromatic N) is 2. The van der Waals surface area contributed by atoms with E-state index in [1.54, 1.807) is 0 Å². The van der Waals surface area contributed by atoms with Crippen LogP contribution in [-0.4, -0.2) is 22.3 Å². The number of hydrogen-bond acceptors (Lipinski definition) is 3. The monoisotopic (exact) mass is 375 g/mol. The third-order valence-corrected chi connectivity index (χ3v) is 5.07. The van der Waals surface area contributed by atoms with Crippen molar-refractivity contribution in [3.05, 3.63) is 26.3 Å². The van der Waals surface area contributed by atoms with Gasteiger partial charge < -0.3 is 4.90 Å². The maximum absolute atomic E-state index is 11.9. The van der Waals surface area contributed by atoms with Crippen LogP contribution in [0.4, 0.5) is 5.69 Å². The molecule has 3 rings (SSSR count). The fourth-order valence-electron chi connectivity index (χ4n) is 2.18. The van der Waals surface area contributed by atoms with Crippen LogP contribution in [0.2, 0.25) is 5.02 Å². The van der Waals surface area contributed by atoms with Crippen molar-refractivity contribution in [1.29, 1.82) is 0 Å². The number of hydrogen-bond donors (Lipinski definition) is 1. The van der Waals surface area contributed by atoms with Gasteiger partial charge in [-0.3, -0.25) is 10.1 Å². The predicted molar refractivity (Wildman–Crippen MR) is 79.0 cm³/mol. The Morgan fingerprint density at radius 3 is 2.94 bits per heavy atom. The Morgan fingerprint density at radius 2 is 2.22 bits per heavy atom. The van der Waals surface area contributed by atoms with Gasteiger partial charge in [0.25, 0.3) is 5.91 Å². The van der Waals surface area contributed by atoms with Gasteiger partial charge in [0.2, 0.25) is 5.96 Å². The van der Waals surface area contributed by atoms with Gasteiger partial charge in [0.1, 0.15) is 5.54 Å². The summed E-state index contributed by atoms with van der Waals surface area (Å²) in [6, 6.07) is 3.87. The number of aliphatic imine (C=N–C) groups is 1. The molecule has 2 heterocycles. The van der Waals surface area contributed by atoms with Gasteiger partial charge in [0, 0.05) is 9.13 Å². The fraction of sp³-hybridized carbons (Fsp3) is 0.333. The number of carbonyl (C=O) groups excluding carboxylic acids is 1. The van der Waals surface area contributed by atoms with Gasteiger partial charge in [-0.2, -0.15) is 0 Å². The molecule has 0 atom stereocenters. The van der Waals surface area contributed by atoms with E-state index in [0.29, 0.717) is 12.5 Å². The maximum Gasteiger partial charge on any atom is 0.252 e. The lowest BCUT2D eigenvalue weighted by molar-refractivity contribution is -0.125. The van der Waals surface area contributed by atoms with E-state index in [9.17, 15) is 4.79 Å². The topological polar surface area (TPSA) is 44.7 Å². The lowest BCUT2D eigenvalue weighted by Crippen LogP contribution is -2.44. The second-order valence-electron chi connectivity index (χ2n) is 4.89. The summed E-state index contributed by atoms with van der Waals surface area (Å²) in [4.78, 5) is 18.3. The molecule has 0 bridgehead atoms. The summed E-state index contributed by atoms with van der Waals surface area (Å²) in [6.07, 6.45) is 0. The number of amides is 1. The minimum Gasteiger partial charge on any atom is -0.324 e. The SMILES string of the molecule is CC1(C)C(=O)NC2=Nc3ccc(I)c(Cl)c3CN21. The number of halogens is 2. The minimum absolute atomic E-state index is 0.0279. The molecule has 0 saturated carbocycles. The van der Waals surface area contributed by atoms with Gasteiger partial charge in [-0.05, 0) is 48.6 Å². The van der Waals surface area contributed by atoms with Crippen molar-refractivity contribution >= 4 is 51.7 Å². The molecule has 94 valence electrons. The molecule has 1 aromatic carbocycles. The smallest absolute Gasteiger partial charge is 0.252 e. The summed E-state index contributed by atoms with van der Waals surface area (Å²) in [5, 5.41) is 3.54. The van der Waals surface area contributed by atoms with Crippen molar-refractivity contribution in [3.8, 4) is 0 Å². The molecule has 1 saturated heterocycles. The Labute approximate surface area is 124 Å². The highest BCUT2D eigenvalue weighted by Gasteiger charge is 2.45. The van der Waals surface area contributed by atoms with Crippen molar-refractivity contribution in [1.82, 2.24) is 10.2 Å². The molecule has 18 heavy (non-hydrogen) atoms. The molecule has 1 amide bonds. The molecule has 0 spiro atoms. The predicted octanol–water partition coefficient (Wildman–Crippen LogP) is 2.66. The van der Waals surface area contributed by atoms with Crippen molar-refractivity contribution in [2.75, 3.05) is 0 Å². The molecule has 0 aromatic heterocycles. The van der Waals surface area contributed by atoms with Crippen LogP contribution in [0.25, 0.3) is 0 Å². The standard InChI is InChI=1S/C12H11ClIN3O/c1-12(2)10(18)16-11-15-8-4-3-7(14)9(13)6(8)5-17(11)12/h3-4H,5H2,1-2H3,(H,15,16,18). The first-order valence-electron chi connectivity index (χ1n) is 5.56. The lowest BCUT2D eigenvalue weighted by atomic mass is 10.0. The number of benzene rings is 1. The average Bonchev–Trinajstić information content (AvgIpc) is 2.54. The first kappa shape index (κ1) is 12.2. The van der Waals surface area contributed by atoms with Crippen LogP contribution in [0.5, 0.6) is 0 Å². The zero-order valence-corrected chi connectivity index (χ0v) is 12.8. The first-order chi connectivity index (χ1) is 8.41. The first-order valence-corrected chi connectivity index (χ1v) is 7.01. The second-order valence-corrected chi connectivity index (χ2v) is 6.43. The molecule has 1 fully saturated rings. The van der Waals surface area contributed by atoms with Gasteiger partial charge in [0.05, 0.1) is 17.3 Å². The third kappa shape index (κ3) is 1.56. The van der Waals surface area contributed by atoms with Crippen molar-refractivity contribution < 1.29 is 4.79 Å². The number of fused-ring (bicyclic) bond motifs is 2. The van der Waals surface area contributed by atoms with Crippen molar-refractivity contribution in [2.24, 2.45) is 4.99 Å². The van der Waals surface area contributed by atoms with E-state index in [1.807, 2.05) is 30.9 Å². The van der Waals surface area contributed by atoms with Crippen LogP contribution in [0, 0.1) is 3.57 Å². The second kappa shape index (κ2) is 3.84. The molecule has 1 aromatic rings. The van der Waals surface area contributed by atoms with E-state index in [4.69, 9.17) is 11.6 Å². The Balaban J connectivity index is 2.15. The summed E-state index contributed by atoms with van der Waals surface area (Å²) in [6.45, 7) is 4.38. The Hall–Kier alpha value is -0.820. The molecule has 2 aliphatic heterocycles. The zero-order valence-electron chi connectivity index (χ0n) is 9.92. The molecule has 0 radical (unpaired) electrons. The van der Waals surface area contributed by atoms with E-state index >= 15 is 0 Å². The van der Waals surface area contributed by atoms with E-state index in [0.717, 1.165) is 19.8 Å². The number of guanidine groups is 1. The van der Waals surface area contributed by atoms with Crippen LogP contribution >= 0.6 is 34.2 Å². The highest BCUT2D eigenvalue weighted by Crippen LogP contribution is 2.38. The van der Waals surface area contributed by atoms with E-state index in [1.165, 1.54) is 0 Å². The van der Waals surface area contributed by atoms with Crippen molar-refractivity contribution in [2.45, 2.75) is 25.9 Å². The summed E-state index contributed by atoms with van der Waals surface area (Å²) < 4.78 is 1.00. The highest BCUT2D eigenvalue weighted by molar-refractivity contribution is 14.1. The van der Waals surface area contributed by atoms with E-state index in [2.05, 4.69) is 32.9 Å². The van der Waals surface area contributed by atoms with Crippen LogP contribution in [0.15, 0.2) is 17.1 Å². The Kier molecular flexibility index (Phi) is 2.60. The average molecular weight is 376 g/mol. The summed E-state index contributed by atoms with van der Waals surface area (Å²) in [5.74, 6) is 0.592. The summed E-state index contributed by atoms with van der Waals surface area (Å²) in [5.41, 5.74) is 1.24. The third-order valence-electron chi connectivity index (χ3n) is 3.43. The Bertz CT molecular complexity index is 597. The number of nitrogens with one attached hydrogen (secondary N) is 1. The van der Waals surface area contributed by atoms with E-state index in [-0.39, 0.29) is 5.91 Å². The lowest BCUT2D eigenvalue weighted by Gasteiger charge is -2.33. The summed E-state index contributed by atoms with van der Waals surface area (Å²) in [7, 11) is 0. The van der Waals surface area contributed by atoms with Gasteiger partial charge in [-0.15, -0.1) is 0 Å². The fourth-order valence-corrected chi connectivity index (χ4v) is 2.90. The minimum atomic E-state index is -0.582. The number of carbonyl (C=O) groups is 1.